The molecule has 9 nitrogen and oxygen atoms in total. The lowest BCUT2D eigenvalue weighted by atomic mass is 10.00. The van der Waals surface area contributed by atoms with Gasteiger partial charge in [-0.1, -0.05) is 41.5 Å². The van der Waals surface area contributed by atoms with Crippen LogP contribution in [0.4, 0.5) is 0 Å². The van der Waals surface area contributed by atoms with Crippen molar-refractivity contribution in [3.63, 3.8) is 0 Å². The van der Waals surface area contributed by atoms with Crippen LogP contribution in [-0.4, -0.2) is 23.7 Å². The normalized spacial score (nSPS) is 9.73. The first-order chi connectivity index (χ1) is 17.6. The number of aryl methyl sites for hydroxylation is 2. The van der Waals surface area contributed by atoms with Crippen molar-refractivity contribution in [2.75, 3.05) is 0 Å². The van der Waals surface area contributed by atoms with E-state index in [1.165, 1.54) is 0 Å². The van der Waals surface area contributed by atoms with Crippen molar-refractivity contribution in [3.05, 3.63) is 95.2 Å². The average Bonchev–Trinajstić information content (AvgIpc) is 3.33. The number of halogens is 2. The standard InChI is InChI=1S/C16H13N3O2.C10H13N3O.I2/c17-16(18)19-15(20)11-4-1-3-10(9-11)12-5-2-6-14-13(12)7-8-21-14;1-6-3-7(2)5-8(4-6)9(14)13-10(11)12;1-2/h1-9H,(H4,17,18,19,20);3-5H,1-2H3,(H4,11,12,13,14);. The fourth-order valence-corrected chi connectivity index (χ4v) is 3.53. The number of nitrogens with two attached hydrogens (primary N) is 4. The van der Waals surface area contributed by atoms with E-state index in [0.717, 1.165) is 33.2 Å². The lowest BCUT2D eigenvalue weighted by Crippen LogP contribution is -2.24. The maximum Gasteiger partial charge on any atom is 0.280 e. The molecule has 0 saturated carbocycles. The third kappa shape index (κ3) is 8.86. The van der Waals surface area contributed by atoms with E-state index in [2.05, 4.69) is 47.2 Å². The van der Waals surface area contributed by atoms with Gasteiger partial charge in [0.25, 0.3) is 11.8 Å². The largest absolute Gasteiger partial charge is 0.464 e. The Morgan fingerprint density at radius 1 is 0.730 bits per heavy atom. The fourth-order valence-electron chi connectivity index (χ4n) is 3.53. The van der Waals surface area contributed by atoms with E-state index < -0.39 is 11.8 Å². The van der Waals surface area contributed by atoms with Crippen molar-refractivity contribution < 1.29 is 14.0 Å². The van der Waals surface area contributed by atoms with E-state index in [1.807, 2.05) is 50.2 Å². The minimum absolute atomic E-state index is 0.214. The molecule has 37 heavy (non-hydrogen) atoms. The lowest BCUT2D eigenvalue weighted by molar-refractivity contribution is 0.0994. The zero-order chi connectivity index (χ0) is 27.5. The van der Waals surface area contributed by atoms with Gasteiger partial charge in [-0.05, 0) is 61.4 Å². The van der Waals surface area contributed by atoms with E-state index in [-0.39, 0.29) is 11.9 Å². The topological polar surface area (TPSA) is 176 Å². The second-order valence-corrected chi connectivity index (χ2v) is 7.78. The maximum atomic E-state index is 11.9. The summed E-state index contributed by atoms with van der Waals surface area (Å²) >= 11 is 4.24. The summed E-state index contributed by atoms with van der Waals surface area (Å²) in [5.41, 5.74) is 26.4. The smallest absolute Gasteiger partial charge is 0.280 e. The minimum Gasteiger partial charge on any atom is -0.464 e. The van der Waals surface area contributed by atoms with Crippen LogP contribution in [0, 0.1) is 13.8 Å². The summed E-state index contributed by atoms with van der Waals surface area (Å²) in [7, 11) is 0. The molecule has 0 bridgehead atoms. The van der Waals surface area contributed by atoms with Crippen LogP contribution in [0.15, 0.2) is 87.4 Å². The van der Waals surface area contributed by atoms with Crippen molar-refractivity contribution in [1.29, 1.82) is 0 Å². The van der Waals surface area contributed by atoms with Gasteiger partial charge in [-0.15, -0.1) is 0 Å². The molecule has 3 aromatic carbocycles. The van der Waals surface area contributed by atoms with Crippen LogP contribution in [0.2, 0.25) is 0 Å². The number of fused-ring (bicyclic) bond motifs is 1. The molecule has 1 aromatic heterocycles. The highest BCUT2D eigenvalue weighted by Gasteiger charge is 2.10. The quantitative estimate of drug-likeness (QED) is 0.131. The summed E-state index contributed by atoms with van der Waals surface area (Å²) in [6.07, 6.45) is 1.64. The Kier molecular flexibility index (Phi) is 11.5. The molecule has 0 aliphatic heterocycles. The Balaban J connectivity index is 0.000000263. The van der Waals surface area contributed by atoms with E-state index in [0.29, 0.717) is 11.1 Å². The fraction of sp³-hybridized carbons (Fsp3) is 0.0769. The van der Waals surface area contributed by atoms with Crippen molar-refractivity contribution in [3.8, 4) is 11.1 Å². The molecule has 0 spiro atoms. The predicted molar refractivity (Wildman–Crippen MR) is 166 cm³/mol. The van der Waals surface area contributed by atoms with Gasteiger partial charge in [0, 0.05) is 53.7 Å². The predicted octanol–water partition coefficient (Wildman–Crippen LogP) is 5.00. The molecule has 192 valence electrons. The summed E-state index contributed by atoms with van der Waals surface area (Å²) in [5, 5.41) is 0.990. The van der Waals surface area contributed by atoms with Gasteiger partial charge in [0.05, 0.1) is 6.26 Å². The number of carbonyl (C=O) groups excluding carboxylic acids is 2. The number of guanidine groups is 2. The van der Waals surface area contributed by atoms with Crippen LogP contribution < -0.4 is 22.9 Å². The van der Waals surface area contributed by atoms with Gasteiger partial charge in [-0.2, -0.15) is 9.98 Å². The highest BCUT2D eigenvalue weighted by atomic mass is 128. The van der Waals surface area contributed by atoms with E-state index in [4.69, 9.17) is 27.4 Å². The monoisotopic (exact) mass is 724 g/mol. The summed E-state index contributed by atoms with van der Waals surface area (Å²) in [6.45, 7) is 3.83. The van der Waals surface area contributed by atoms with Crippen molar-refractivity contribution in [1.82, 2.24) is 0 Å². The third-order valence-electron chi connectivity index (χ3n) is 4.85. The van der Waals surface area contributed by atoms with Crippen LogP contribution in [0.3, 0.4) is 0 Å². The average molecular weight is 724 g/mol. The Labute approximate surface area is 237 Å². The van der Waals surface area contributed by atoms with Gasteiger partial charge in [0.15, 0.2) is 11.9 Å². The van der Waals surface area contributed by atoms with Gasteiger partial charge in [0.1, 0.15) is 5.58 Å². The molecule has 4 rings (SSSR count). The zero-order valence-corrected chi connectivity index (χ0v) is 24.4. The highest BCUT2D eigenvalue weighted by Crippen LogP contribution is 2.29. The molecule has 0 radical (unpaired) electrons. The lowest BCUT2D eigenvalue weighted by Gasteiger charge is -2.05. The molecule has 4 aromatic rings. The Hall–Kier alpha value is -3.46. The summed E-state index contributed by atoms with van der Waals surface area (Å²) in [4.78, 5) is 30.3. The first-order valence-electron chi connectivity index (χ1n) is 10.7. The van der Waals surface area contributed by atoms with Gasteiger partial charge in [-0.25, -0.2) is 0 Å². The molecular formula is C26H26I2N6O3. The molecule has 0 aliphatic carbocycles. The number of nitrogens with zero attached hydrogens (tertiary/aromatic N) is 2. The molecule has 11 heteroatoms. The van der Waals surface area contributed by atoms with E-state index in [9.17, 15) is 9.59 Å². The number of carbonyl (C=O) groups is 2. The number of hydrogen-bond acceptors (Lipinski definition) is 3. The molecule has 0 aliphatic rings. The molecule has 0 saturated heterocycles. The number of aliphatic imine (C=N–C) groups is 2. The molecule has 1 heterocycles. The van der Waals surface area contributed by atoms with Crippen molar-refractivity contribution in [2.24, 2.45) is 32.9 Å². The van der Waals surface area contributed by atoms with Gasteiger partial charge in [-0.3, -0.25) is 9.59 Å². The third-order valence-corrected chi connectivity index (χ3v) is 4.85. The Morgan fingerprint density at radius 3 is 1.89 bits per heavy atom. The number of benzene rings is 3. The first-order valence-corrected chi connectivity index (χ1v) is 17.0. The molecule has 2 amide bonds. The Bertz CT molecular complexity index is 1440. The number of amides is 2. The van der Waals surface area contributed by atoms with Gasteiger partial charge >= 0.3 is 0 Å². The summed E-state index contributed by atoms with van der Waals surface area (Å²) in [6, 6.07) is 20.3. The van der Waals surface area contributed by atoms with Crippen LogP contribution in [0.5, 0.6) is 0 Å². The highest BCUT2D eigenvalue weighted by molar-refractivity contribution is 15.0. The number of hydrogen-bond donors (Lipinski definition) is 4. The van der Waals surface area contributed by atoms with Crippen molar-refractivity contribution >= 4 is 71.9 Å². The Morgan fingerprint density at radius 2 is 1.30 bits per heavy atom. The van der Waals surface area contributed by atoms with E-state index >= 15 is 0 Å². The van der Waals surface area contributed by atoms with Gasteiger partial charge < -0.3 is 27.4 Å². The second kappa shape index (κ2) is 14.3. The second-order valence-electron chi connectivity index (χ2n) is 7.78. The minimum atomic E-state index is -0.462. The number of furan rings is 1. The van der Waals surface area contributed by atoms with Crippen LogP contribution >= 0.6 is 37.2 Å². The molecule has 0 atom stereocenters. The van der Waals surface area contributed by atoms with Crippen LogP contribution in [-0.2, 0) is 0 Å². The van der Waals surface area contributed by atoms with Gasteiger partial charge in [0.2, 0.25) is 0 Å². The molecule has 0 fully saturated rings. The zero-order valence-electron chi connectivity index (χ0n) is 20.1. The van der Waals surface area contributed by atoms with Crippen LogP contribution in [0.25, 0.3) is 22.1 Å². The first kappa shape index (κ1) is 29.8. The maximum absolute atomic E-state index is 11.9. The molecule has 0 unspecified atom stereocenters. The number of rotatable bonds is 3. The molecule has 8 N–H and O–H groups in total. The van der Waals surface area contributed by atoms with Crippen molar-refractivity contribution in [2.45, 2.75) is 13.8 Å². The summed E-state index contributed by atoms with van der Waals surface area (Å²) in [5.74, 6) is -1.33. The SMILES string of the molecule is Cc1cc(C)cc(C(=O)N=C(N)N)c1.II.NC(N)=NC(=O)c1cccc(-c2cccc3occc23)c1. The molecular weight excluding hydrogens is 698 g/mol. The van der Waals surface area contributed by atoms with E-state index in [1.54, 1.807) is 36.6 Å². The van der Waals surface area contributed by atoms with Crippen LogP contribution in [0.1, 0.15) is 31.8 Å². The summed E-state index contributed by atoms with van der Waals surface area (Å²) < 4.78 is 5.39.